The second-order valence-electron chi connectivity index (χ2n) is 4.88. The highest BCUT2D eigenvalue weighted by molar-refractivity contribution is 4.43. The summed E-state index contributed by atoms with van der Waals surface area (Å²) in [5.41, 5.74) is 0. The van der Waals surface area contributed by atoms with Crippen molar-refractivity contribution < 1.29 is 14.2 Å². The highest BCUT2D eigenvalue weighted by Gasteiger charge is 1.95. The molecule has 0 rings (SSSR count). The van der Waals surface area contributed by atoms with Gasteiger partial charge in [0, 0.05) is 13.2 Å². The van der Waals surface area contributed by atoms with Crippen LogP contribution in [0.15, 0.2) is 0 Å². The highest BCUT2D eigenvalue weighted by atomic mass is 16.5. The maximum Gasteiger partial charge on any atom is 0.0701 e. The summed E-state index contributed by atoms with van der Waals surface area (Å²) in [6.07, 6.45) is 1.12. The molecular formula is C13H28O3. The lowest BCUT2D eigenvalue weighted by atomic mass is 10.1. The van der Waals surface area contributed by atoms with Crippen LogP contribution in [0.2, 0.25) is 0 Å². The van der Waals surface area contributed by atoms with Crippen LogP contribution in [0.4, 0.5) is 0 Å². The summed E-state index contributed by atoms with van der Waals surface area (Å²) in [7, 11) is 0. The van der Waals surface area contributed by atoms with Crippen LogP contribution in [0, 0.1) is 11.8 Å². The van der Waals surface area contributed by atoms with Crippen LogP contribution in [0.1, 0.15) is 34.1 Å². The van der Waals surface area contributed by atoms with Gasteiger partial charge < -0.3 is 14.2 Å². The van der Waals surface area contributed by atoms with Crippen molar-refractivity contribution >= 4 is 0 Å². The van der Waals surface area contributed by atoms with Crippen molar-refractivity contribution in [1.82, 2.24) is 0 Å². The van der Waals surface area contributed by atoms with Crippen LogP contribution in [-0.2, 0) is 14.2 Å². The topological polar surface area (TPSA) is 27.7 Å². The van der Waals surface area contributed by atoms with E-state index in [1.807, 2.05) is 0 Å². The first kappa shape index (κ1) is 15.9. The van der Waals surface area contributed by atoms with Gasteiger partial charge in [0.15, 0.2) is 0 Å². The molecule has 0 aromatic rings. The molecule has 16 heavy (non-hydrogen) atoms. The zero-order valence-corrected chi connectivity index (χ0v) is 11.3. The molecule has 0 atom stereocenters. The van der Waals surface area contributed by atoms with E-state index >= 15 is 0 Å². The number of ether oxygens (including phenoxy) is 3. The maximum atomic E-state index is 5.42. The van der Waals surface area contributed by atoms with Gasteiger partial charge in [-0.25, -0.2) is 0 Å². The minimum atomic E-state index is 0.597. The average molecular weight is 232 g/mol. The summed E-state index contributed by atoms with van der Waals surface area (Å²) in [6, 6.07) is 0. The van der Waals surface area contributed by atoms with Crippen molar-refractivity contribution in [3.05, 3.63) is 0 Å². The third-order valence-corrected chi connectivity index (χ3v) is 2.03. The smallest absolute Gasteiger partial charge is 0.0701 e. The summed E-state index contributed by atoms with van der Waals surface area (Å²) in [5.74, 6) is 1.31. The summed E-state index contributed by atoms with van der Waals surface area (Å²) in [5, 5.41) is 0. The van der Waals surface area contributed by atoms with E-state index < -0.39 is 0 Å². The fraction of sp³-hybridized carbons (Fsp3) is 1.00. The largest absolute Gasteiger partial charge is 0.379 e. The second kappa shape index (κ2) is 11.4. The molecule has 0 aromatic carbocycles. The molecule has 0 aliphatic heterocycles. The second-order valence-corrected chi connectivity index (χ2v) is 4.88. The maximum absolute atomic E-state index is 5.42. The summed E-state index contributed by atoms with van der Waals surface area (Å²) in [4.78, 5) is 0. The molecule has 0 saturated carbocycles. The third kappa shape index (κ3) is 13.9. The van der Waals surface area contributed by atoms with Crippen molar-refractivity contribution in [3.8, 4) is 0 Å². The molecule has 0 bridgehead atoms. The molecule has 0 amide bonds. The molecule has 0 heterocycles. The number of hydrogen-bond donors (Lipinski definition) is 0. The van der Waals surface area contributed by atoms with Crippen LogP contribution in [-0.4, -0.2) is 39.6 Å². The molecule has 0 aromatic heterocycles. The molecule has 0 unspecified atom stereocenters. The van der Waals surface area contributed by atoms with Gasteiger partial charge in [0.2, 0.25) is 0 Å². The van der Waals surface area contributed by atoms with Crippen molar-refractivity contribution in [2.45, 2.75) is 34.1 Å². The Hall–Kier alpha value is -0.120. The van der Waals surface area contributed by atoms with Crippen LogP contribution < -0.4 is 0 Å². The van der Waals surface area contributed by atoms with E-state index in [0.29, 0.717) is 38.3 Å². The number of hydrogen-bond acceptors (Lipinski definition) is 3. The van der Waals surface area contributed by atoms with Gasteiger partial charge >= 0.3 is 0 Å². The Morgan fingerprint density at radius 2 is 1.12 bits per heavy atom. The van der Waals surface area contributed by atoms with Gasteiger partial charge in [-0.15, -0.1) is 0 Å². The van der Waals surface area contributed by atoms with Gasteiger partial charge in [-0.1, -0.05) is 27.7 Å². The summed E-state index contributed by atoms with van der Waals surface area (Å²) >= 11 is 0. The Morgan fingerprint density at radius 1 is 0.625 bits per heavy atom. The molecule has 0 saturated heterocycles. The SMILES string of the molecule is CC(C)CCOCCOCCOCC(C)C. The Kier molecular flexibility index (Phi) is 11.3. The standard InChI is InChI=1S/C13H28O3/c1-12(2)5-6-14-7-8-15-9-10-16-11-13(3)4/h12-13H,5-11H2,1-4H3. The van der Waals surface area contributed by atoms with Crippen LogP contribution in [0.25, 0.3) is 0 Å². The molecule has 0 aliphatic rings. The van der Waals surface area contributed by atoms with Gasteiger partial charge in [-0.05, 0) is 18.3 Å². The van der Waals surface area contributed by atoms with Gasteiger partial charge in [0.05, 0.1) is 26.4 Å². The van der Waals surface area contributed by atoms with Crippen molar-refractivity contribution in [2.75, 3.05) is 39.6 Å². The summed E-state index contributed by atoms with van der Waals surface area (Å²) < 4.78 is 16.2. The fourth-order valence-corrected chi connectivity index (χ4v) is 1.08. The quantitative estimate of drug-likeness (QED) is 0.513. The number of rotatable bonds is 11. The Bertz CT molecular complexity index is 119. The first-order chi connectivity index (χ1) is 7.63. The lowest BCUT2D eigenvalue weighted by Gasteiger charge is -2.08. The van der Waals surface area contributed by atoms with Crippen molar-refractivity contribution in [1.29, 1.82) is 0 Å². The zero-order chi connectivity index (χ0) is 12.2. The van der Waals surface area contributed by atoms with E-state index in [1.165, 1.54) is 0 Å². The minimum absolute atomic E-state index is 0.597. The van der Waals surface area contributed by atoms with Gasteiger partial charge in [-0.3, -0.25) is 0 Å². The van der Waals surface area contributed by atoms with Crippen molar-refractivity contribution in [2.24, 2.45) is 11.8 Å². The molecule has 0 fully saturated rings. The van der Waals surface area contributed by atoms with Gasteiger partial charge in [-0.2, -0.15) is 0 Å². The molecule has 98 valence electrons. The van der Waals surface area contributed by atoms with E-state index in [9.17, 15) is 0 Å². The lowest BCUT2D eigenvalue weighted by molar-refractivity contribution is 0.00809. The molecule has 0 N–H and O–H groups in total. The predicted molar refractivity (Wildman–Crippen MR) is 66.8 cm³/mol. The highest BCUT2D eigenvalue weighted by Crippen LogP contribution is 1.98. The molecule has 0 radical (unpaired) electrons. The monoisotopic (exact) mass is 232 g/mol. The zero-order valence-electron chi connectivity index (χ0n) is 11.3. The molecule has 0 spiro atoms. The van der Waals surface area contributed by atoms with E-state index in [1.54, 1.807) is 0 Å². The minimum Gasteiger partial charge on any atom is -0.379 e. The Balaban J connectivity index is 2.93. The lowest BCUT2D eigenvalue weighted by Crippen LogP contribution is -2.12. The van der Waals surface area contributed by atoms with Crippen LogP contribution >= 0.6 is 0 Å². The third-order valence-electron chi connectivity index (χ3n) is 2.03. The predicted octanol–water partition coefficient (Wildman–Crippen LogP) is 2.74. The first-order valence-electron chi connectivity index (χ1n) is 6.36. The Labute approximate surface area is 100 Å². The molecule has 3 nitrogen and oxygen atoms in total. The normalized spacial score (nSPS) is 11.6. The fourth-order valence-electron chi connectivity index (χ4n) is 1.08. The summed E-state index contributed by atoms with van der Waals surface area (Å²) in [6.45, 7) is 13.0. The van der Waals surface area contributed by atoms with E-state index in [-0.39, 0.29) is 0 Å². The van der Waals surface area contributed by atoms with E-state index in [2.05, 4.69) is 27.7 Å². The molecular weight excluding hydrogens is 204 g/mol. The molecule has 3 heteroatoms. The van der Waals surface area contributed by atoms with Crippen LogP contribution in [0.5, 0.6) is 0 Å². The van der Waals surface area contributed by atoms with Gasteiger partial charge in [0.1, 0.15) is 0 Å². The Morgan fingerprint density at radius 3 is 1.62 bits per heavy atom. The van der Waals surface area contributed by atoms with E-state index in [4.69, 9.17) is 14.2 Å². The van der Waals surface area contributed by atoms with E-state index in [0.717, 1.165) is 19.6 Å². The van der Waals surface area contributed by atoms with Crippen LogP contribution in [0.3, 0.4) is 0 Å². The molecule has 0 aliphatic carbocycles. The first-order valence-corrected chi connectivity index (χ1v) is 6.36. The van der Waals surface area contributed by atoms with Crippen molar-refractivity contribution in [3.63, 3.8) is 0 Å². The average Bonchev–Trinajstić information content (AvgIpc) is 2.20. The van der Waals surface area contributed by atoms with Gasteiger partial charge in [0.25, 0.3) is 0 Å².